The van der Waals surface area contributed by atoms with Gasteiger partial charge >= 0.3 is 0 Å². The van der Waals surface area contributed by atoms with E-state index in [1.54, 1.807) is 11.3 Å². The van der Waals surface area contributed by atoms with Gasteiger partial charge in [0.25, 0.3) is 0 Å². The van der Waals surface area contributed by atoms with Crippen LogP contribution in [0.4, 0.5) is 0 Å². The molecule has 142 valence electrons. The van der Waals surface area contributed by atoms with Crippen molar-refractivity contribution in [1.29, 1.82) is 0 Å². The van der Waals surface area contributed by atoms with Crippen molar-refractivity contribution in [1.82, 2.24) is 15.5 Å². The fraction of sp³-hybridized carbons (Fsp3) is 0.182. The van der Waals surface area contributed by atoms with E-state index in [9.17, 15) is 0 Å². The van der Waals surface area contributed by atoms with Crippen LogP contribution in [0.5, 0.6) is 0 Å². The zero-order chi connectivity index (χ0) is 19.5. The molecule has 6 heteroatoms. The standard InChI is InChI=1S/C22H20ClN3OS/c1-14-8-10-16(11-9-14)20(19-7-4-12-28-19)24-15(2)21-25-26-22(27-21)17-5-3-6-18(23)13-17/h3-13,15,20,24H,1-2H3/t15-,20+/m0/s1. The largest absolute Gasteiger partial charge is 0.419 e. The SMILES string of the molecule is Cc1ccc([C@@H](N[C@@H](C)c2nnc(-c3cccc(Cl)c3)o2)c2cccs2)cc1. The van der Waals surface area contributed by atoms with Gasteiger partial charge in [-0.1, -0.05) is 53.6 Å². The average molecular weight is 410 g/mol. The lowest BCUT2D eigenvalue weighted by atomic mass is 10.0. The molecule has 2 aromatic heterocycles. The highest BCUT2D eigenvalue weighted by Gasteiger charge is 2.22. The van der Waals surface area contributed by atoms with E-state index in [0.717, 1.165) is 5.56 Å². The van der Waals surface area contributed by atoms with Crippen LogP contribution in [0.25, 0.3) is 11.5 Å². The van der Waals surface area contributed by atoms with Crippen LogP contribution in [-0.4, -0.2) is 10.2 Å². The van der Waals surface area contributed by atoms with Gasteiger partial charge in [0.2, 0.25) is 11.8 Å². The first-order valence-corrected chi connectivity index (χ1v) is 10.3. The normalized spacial score (nSPS) is 13.4. The first-order chi connectivity index (χ1) is 13.6. The summed E-state index contributed by atoms with van der Waals surface area (Å²) in [5, 5.41) is 14.8. The van der Waals surface area contributed by atoms with Crippen LogP contribution < -0.4 is 5.32 Å². The topological polar surface area (TPSA) is 51.0 Å². The molecule has 0 amide bonds. The minimum Gasteiger partial charge on any atom is -0.419 e. The van der Waals surface area contributed by atoms with E-state index >= 15 is 0 Å². The van der Waals surface area contributed by atoms with E-state index in [1.165, 1.54) is 16.0 Å². The fourth-order valence-electron chi connectivity index (χ4n) is 3.03. The van der Waals surface area contributed by atoms with Gasteiger partial charge in [0.15, 0.2) is 0 Å². The first kappa shape index (κ1) is 18.9. The van der Waals surface area contributed by atoms with Crippen molar-refractivity contribution in [3.05, 3.63) is 93.0 Å². The number of hydrogen-bond acceptors (Lipinski definition) is 5. The van der Waals surface area contributed by atoms with Crippen LogP contribution in [0.1, 0.15) is 40.9 Å². The number of nitrogens with zero attached hydrogens (tertiary/aromatic N) is 2. The van der Waals surface area contributed by atoms with Gasteiger partial charge in [-0.15, -0.1) is 21.5 Å². The molecule has 4 aromatic rings. The Morgan fingerprint density at radius 2 is 1.86 bits per heavy atom. The van der Waals surface area contributed by atoms with Crippen molar-refractivity contribution in [3.8, 4) is 11.5 Å². The summed E-state index contributed by atoms with van der Waals surface area (Å²) in [5.41, 5.74) is 3.26. The number of aromatic nitrogens is 2. The van der Waals surface area contributed by atoms with Gasteiger partial charge in [0.05, 0.1) is 12.1 Å². The molecule has 0 bridgehead atoms. The Balaban J connectivity index is 1.58. The lowest BCUT2D eigenvalue weighted by Gasteiger charge is -2.21. The van der Waals surface area contributed by atoms with E-state index in [-0.39, 0.29) is 12.1 Å². The molecule has 28 heavy (non-hydrogen) atoms. The number of benzene rings is 2. The van der Waals surface area contributed by atoms with E-state index in [1.807, 2.05) is 31.2 Å². The van der Waals surface area contributed by atoms with Gasteiger partial charge in [-0.3, -0.25) is 5.32 Å². The summed E-state index contributed by atoms with van der Waals surface area (Å²) in [7, 11) is 0. The molecule has 2 heterocycles. The van der Waals surface area contributed by atoms with Gasteiger partial charge in [-0.2, -0.15) is 0 Å². The molecule has 2 atom stereocenters. The van der Waals surface area contributed by atoms with Crippen LogP contribution >= 0.6 is 22.9 Å². The average Bonchev–Trinajstić information content (AvgIpc) is 3.39. The van der Waals surface area contributed by atoms with Crippen molar-refractivity contribution < 1.29 is 4.42 Å². The van der Waals surface area contributed by atoms with E-state index in [2.05, 4.69) is 64.2 Å². The zero-order valence-corrected chi connectivity index (χ0v) is 17.2. The molecule has 0 unspecified atom stereocenters. The lowest BCUT2D eigenvalue weighted by Crippen LogP contribution is -2.25. The van der Waals surface area contributed by atoms with Gasteiger partial charge < -0.3 is 4.42 Å². The van der Waals surface area contributed by atoms with Gasteiger partial charge in [0, 0.05) is 15.5 Å². The van der Waals surface area contributed by atoms with Crippen molar-refractivity contribution >= 4 is 22.9 Å². The molecule has 1 N–H and O–H groups in total. The number of rotatable bonds is 6. The monoisotopic (exact) mass is 409 g/mol. The second kappa shape index (κ2) is 8.27. The lowest BCUT2D eigenvalue weighted by molar-refractivity contribution is 0.405. The highest BCUT2D eigenvalue weighted by atomic mass is 35.5. The molecule has 0 saturated heterocycles. The quantitative estimate of drug-likeness (QED) is 0.412. The second-order valence-corrected chi connectivity index (χ2v) is 8.12. The maximum atomic E-state index is 6.07. The summed E-state index contributed by atoms with van der Waals surface area (Å²) in [6.07, 6.45) is 0. The predicted octanol–water partition coefficient (Wildman–Crippen LogP) is 6.20. The third kappa shape index (κ3) is 4.17. The van der Waals surface area contributed by atoms with Gasteiger partial charge in [-0.05, 0) is 49.1 Å². The summed E-state index contributed by atoms with van der Waals surface area (Å²) in [6.45, 7) is 4.12. The Labute approximate surface area is 173 Å². The van der Waals surface area contributed by atoms with Gasteiger partial charge in [-0.25, -0.2) is 0 Å². The highest BCUT2D eigenvalue weighted by Crippen LogP contribution is 2.30. The molecule has 0 aliphatic heterocycles. The molecule has 2 aromatic carbocycles. The zero-order valence-electron chi connectivity index (χ0n) is 15.6. The number of thiophene rings is 1. The number of hydrogen-bond donors (Lipinski definition) is 1. The number of aryl methyl sites for hydroxylation is 1. The summed E-state index contributed by atoms with van der Waals surface area (Å²) in [4.78, 5) is 1.24. The third-order valence-electron chi connectivity index (χ3n) is 4.54. The third-order valence-corrected chi connectivity index (χ3v) is 5.71. The summed E-state index contributed by atoms with van der Waals surface area (Å²) in [5.74, 6) is 1.01. The molecule has 0 aliphatic carbocycles. The van der Waals surface area contributed by atoms with Crippen molar-refractivity contribution in [2.24, 2.45) is 0 Å². The molecule has 0 radical (unpaired) electrons. The Bertz CT molecular complexity index is 1040. The highest BCUT2D eigenvalue weighted by molar-refractivity contribution is 7.10. The van der Waals surface area contributed by atoms with E-state index < -0.39 is 0 Å². The molecular formula is C22H20ClN3OS. The fourth-order valence-corrected chi connectivity index (χ4v) is 4.03. The number of halogens is 1. The van der Waals surface area contributed by atoms with Crippen LogP contribution in [0.15, 0.2) is 70.5 Å². The summed E-state index contributed by atoms with van der Waals surface area (Å²) in [6, 6.07) is 20.1. The Kier molecular flexibility index (Phi) is 5.57. The van der Waals surface area contributed by atoms with E-state index in [0.29, 0.717) is 16.8 Å². The molecule has 4 nitrogen and oxygen atoms in total. The molecule has 0 aliphatic rings. The van der Waals surface area contributed by atoms with Gasteiger partial charge in [0.1, 0.15) is 0 Å². The minimum absolute atomic E-state index is 0.0529. The first-order valence-electron chi connectivity index (χ1n) is 9.05. The Hall–Kier alpha value is -2.47. The Morgan fingerprint density at radius 1 is 1.04 bits per heavy atom. The smallest absolute Gasteiger partial charge is 0.247 e. The summed E-state index contributed by atoms with van der Waals surface area (Å²) >= 11 is 7.79. The van der Waals surface area contributed by atoms with Crippen molar-refractivity contribution in [2.75, 3.05) is 0 Å². The maximum Gasteiger partial charge on any atom is 0.247 e. The number of nitrogens with one attached hydrogen (secondary N) is 1. The molecule has 4 rings (SSSR count). The molecule has 0 fully saturated rings. The molecule has 0 spiro atoms. The maximum absolute atomic E-state index is 6.07. The van der Waals surface area contributed by atoms with Crippen LogP contribution in [-0.2, 0) is 0 Å². The van der Waals surface area contributed by atoms with Crippen molar-refractivity contribution in [3.63, 3.8) is 0 Å². The minimum atomic E-state index is -0.117. The van der Waals surface area contributed by atoms with Crippen LogP contribution in [0, 0.1) is 6.92 Å². The molecular weight excluding hydrogens is 390 g/mol. The van der Waals surface area contributed by atoms with E-state index in [4.69, 9.17) is 16.0 Å². The van der Waals surface area contributed by atoms with Crippen molar-refractivity contribution in [2.45, 2.75) is 25.9 Å². The summed E-state index contributed by atoms with van der Waals surface area (Å²) < 4.78 is 5.92. The Morgan fingerprint density at radius 3 is 2.57 bits per heavy atom. The molecule has 0 saturated carbocycles. The second-order valence-electron chi connectivity index (χ2n) is 6.70. The predicted molar refractivity (Wildman–Crippen MR) is 114 cm³/mol. The van der Waals surface area contributed by atoms with Crippen LogP contribution in [0.2, 0.25) is 5.02 Å². The van der Waals surface area contributed by atoms with Crippen LogP contribution in [0.3, 0.4) is 0 Å².